The molecular weight excluding hydrogens is 1740 g/mol. The number of allylic oxidation sites excluding steroid dienone is 4. The number of hydrogen-bond donors (Lipinski definition) is 5. The number of rotatable bonds is 91. The molecular formula is C88H147N4O35S2+. The van der Waals surface area contributed by atoms with E-state index in [-0.39, 0.29) is 17.2 Å². The lowest BCUT2D eigenvalue weighted by Crippen LogP contribution is -2.28. The van der Waals surface area contributed by atoms with Gasteiger partial charge in [-0.2, -0.15) is 13.0 Å². The number of methoxy groups -OCH3 is 1. The molecule has 39 nitrogen and oxygen atoms in total. The summed E-state index contributed by atoms with van der Waals surface area (Å²) in [6, 6.07) is 12.9. The van der Waals surface area contributed by atoms with Crippen LogP contribution in [0, 0.1) is 0 Å². The quantitative estimate of drug-likeness (QED) is 0.00938. The van der Waals surface area contributed by atoms with Crippen molar-refractivity contribution in [2.45, 2.75) is 99.7 Å². The minimum atomic E-state index is -4.49. The zero-order valence-electron chi connectivity index (χ0n) is 76.5. The maximum atomic E-state index is 12.8. The first-order chi connectivity index (χ1) is 63.0. The lowest BCUT2D eigenvalue weighted by molar-refractivity contribution is -0.438. The van der Waals surface area contributed by atoms with Gasteiger partial charge >= 0.3 is 5.97 Å². The minimum Gasteiger partial charge on any atom is -0.492 e. The van der Waals surface area contributed by atoms with Crippen molar-refractivity contribution in [2.24, 2.45) is 0 Å². The molecule has 0 atom stereocenters. The molecule has 0 fully saturated rings. The van der Waals surface area contributed by atoms with E-state index in [1.807, 2.05) is 44.2 Å². The number of anilines is 1. The van der Waals surface area contributed by atoms with E-state index in [0.29, 0.717) is 372 Å². The molecule has 1 amide bonds. The predicted octanol–water partition coefficient (Wildman–Crippen LogP) is 7.11. The lowest BCUT2D eigenvalue weighted by Gasteiger charge is -2.27. The van der Waals surface area contributed by atoms with Crippen molar-refractivity contribution in [3.63, 3.8) is 0 Å². The van der Waals surface area contributed by atoms with Gasteiger partial charge in [-0.3, -0.25) is 9.35 Å². The van der Waals surface area contributed by atoms with Crippen LogP contribution in [0.25, 0.3) is 0 Å². The number of carbonyl (C=O) groups excluding carboxylic acids is 2. The summed E-state index contributed by atoms with van der Waals surface area (Å²) in [5.74, 6) is -1.47. The average Bonchev–Trinajstić information content (AvgIpc) is 1.59. The second-order valence-corrected chi connectivity index (χ2v) is 32.0. The smallest absolute Gasteiger partial charge is 0.333 e. The number of aromatic nitrogens is 1. The molecule has 129 heavy (non-hydrogen) atoms. The van der Waals surface area contributed by atoms with E-state index >= 15 is 0 Å². The van der Waals surface area contributed by atoms with Crippen LogP contribution in [0.3, 0.4) is 0 Å². The molecule has 2 aliphatic rings. The van der Waals surface area contributed by atoms with Crippen molar-refractivity contribution < 1.29 is 170 Å². The summed E-state index contributed by atoms with van der Waals surface area (Å²) in [5, 5.41) is 35.4. The van der Waals surface area contributed by atoms with Gasteiger partial charge in [-0.05, 0) is 81.5 Å². The third-order valence-electron chi connectivity index (χ3n) is 19.4. The Bertz CT molecular complexity index is 3520. The van der Waals surface area contributed by atoms with Crippen LogP contribution in [0.5, 0.6) is 11.8 Å². The van der Waals surface area contributed by atoms with Crippen molar-refractivity contribution in [3.05, 3.63) is 83.6 Å². The fourth-order valence-electron chi connectivity index (χ4n) is 12.8. The van der Waals surface area contributed by atoms with Gasteiger partial charge in [-0.25, -0.2) is 10.1 Å². The number of fused-ring (bicyclic) bond motifs is 2. The normalized spacial score (nSPS) is 13.9. The highest BCUT2D eigenvalue weighted by atomic mass is 32.2. The molecule has 0 aliphatic carbocycles. The number of carbonyl (C=O) groups is 2. The number of aromatic hydroxyl groups is 2. The SMILES string of the molecule is COCCOCCOCCOCCOCCOCCOCCOCCOCCOCCOCCOCCOCCOCCOCCOCCOCCOCCOCCOCCOCCOCCOCCOCCNC(=O)CCCCCN1C(=CC=CC2=[N+](CCCCCC(=O)On3c(O)ccc3O)c3ccc(SOOO)cc3C2(C)C)C(C)(C)c2cc(S(=O)(=O)O)ccc21. The van der Waals surface area contributed by atoms with E-state index in [1.54, 1.807) is 13.2 Å². The molecule has 0 spiro atoms. The van der Waals surface area contributed by atoms with Crippen molar-refractivity contribution in [1.82, 2.24) is 10.0 Å². The first kappa shape index (κ1) is 114. The Labute approximate surface area is 765 Å². The molecule has 5 N–H and O–H groups in total. The summed E-state index contributed by atoms with van der Waals surface area (Å²) >= 11 is 0.867. The predicted molar refractivity (Wildman–Crippen MR) is 474 cm³/mol. The minimum absolute atomic E-state index is 0.0644. The number of nitrogens with zero attached hydrogens (tertiary/aromatic N) is 3. The highest BCUT2D eigenvalue weighted by molar-refractivity contribution is 7.94. The monoisotopic (exact) mass is 1880 g/mol. The van der Waals surface area contributed by atoms with E-state index in [1.165, 1.54) is 24.3 Å². The largest absolute Gasteiger partial charge is 0.492 e. The fourth-order valence-corrected chi connectivity index (χ4v) is 13.7. The third kappa shape index (κ3) is 52.7. The summed E-state index contributed by atoms with van der Waals surface area (Å²) in [4.78, 5) is 33.2. The van der Waals surface area contributed by atoms with Crippen molar-refractivity contribution >= 4 is 51.1 Å². The van der Waals surface area contributed by atoms with E-state index in [9.17, 15) is 32.8 Å². The van der Waals surface area contributed by atoms with E-state index < -0.39 is 38.7 Å². The third-order valence-corrected chi connectivity index (χ3v) is 20.8. The van der Waals surface area contributed by atoms with E-state index in [2.05, 4.69) is 39.8 Å². The number of unbranched alkanes of at least 4 members (excludes halogenated alkanes) is 4. The molecule has 0 saturated heterocycles. The molecule has 0 saturated carbocycles. The summed E-state index contributed by atoms with van der Waals surface area (Å²) in [5.41, 5.74) is 4.21. The van der Waals surface area contributed by atoms with Gasteiger partial charge in [0, 0.05) is 91.0 Å². The number of ether oxygens (including phenoxy) is 24. The van der Waals surface area contributed by atoms with Crippen molar-refractivity contribution in [3.8, 4) is 11.8 Å². The number of amides is 1. The zero-order chi connectivity index (χ0) is 92.5. The van der Waals surface area contributed by atoms with Crippen molar-refractivity contribution in [2.75, 3.05) is 342 Å². The molecule has 5 rings (SSSR count). The standard InChI is InChI=1S/C88H146N4O35S2/c1-87(2)77-73-75(128-127-126-97)17-19-79(77)90(25-11-7-9-16-86(96)125-92-84(94)21-22-85(92)95)81(87)13-12-14-82-88(3,4)78-74-76(129(98,99)100)18-20-80(78)91(82)24-10-6-8-15-83(93)89-23-26-102-29-30-104-33-34-106-37-38-108-41-42-110-45-46-112-49-50-114-53-54-116-57-58-118-61-62-120-65-66-122-69-70-124-72-71-123-68-67-121-64-63-119-60-59-117-56-55-115-52-51-113-48-47-111-44-43-109-40-39-107-36-35-105-32-31-103-28-27-101-5/h12-14,17-22,73-74H,6-11,15-16,23-72H2,1-5H3,(H4-,89,93,94,95,97,98,99,100)/p+1. The number of nitrogens with one attached hydrogen (secondary N) is 1. The summed E-state index contributed by atoms with van der Waals surface area (Å²) in [6.45, 7) is 31.7. The molecule has 740 valence electrons. The Morgan fingerprint density at radius 2 is 0.783 bits per heavy atom. The zero-order valence-corrected chi connectivity index (χ0v) is 78.1. The fraction of sp³-hybridized carbons (Fsp3) is 0.739. The molecule has 2 aromatic carbocycles. The molecule has 1 aromatic heterocycles. The average molecular weight is 1890 g/mol. The highest BCUT2D eigenvalue weighted by Gasteiger charge is 2.45. The van der Waals surface area contributed by atoms with Gasteiger partial charge in [-0.15, -0.1) is 9.06 Å². The molecule has 0 radical (unpaired) electrons. The molecule has 2 aliphatic heterocycles. The van der Waals surface area contributed by atoms with Crippen LogP contribution in [-0.4, -0.2) is 393 Å². The molecule has 3 aromatic rings. The molecule has 41 heteroatoms. The lowest BCUT2D eigenvalue weighted by atomic mass is 9.81. The van der Waals surface area contributed by atoms with E-state index in [0.717, 1.165) is 58.8 Å². The van der Waals surface area contributed by atoms with Crippen LogP contribution in [0.4, 0.5) is 11.4 Å². The molecule has 0 unspecified atom stereocenters. The molecule has 0 bridgehead atoms. The van der Waals surface area contributed by atoms with Crippen LogP contribution < -0.4 is 15.1 Å². The summed E-state index contributed by atoms with van der Waals surface area (Å²) in [6.07, 6.45) is 10.5. The van der Waals surface area contributed by atoms with Gasteiger partial charge in [0.25, 0.3) is 10.1 Å². The van der Waals surface area contributed by atoms with Crippen molar-refractivity contribution in [1.29, 1.82) is 0 Å². The first-order valence-electron chi connectivity index (χ1n) is 44.6. The van der Waals surface area contributed by atoms with Crippen LogP contribution >= 0.6 is 12.0 Å². The van der Waals surface area contributed by atoms with Crippen LogP contribution in [0.1, 0.15) is 90.2 Å². The summed E-state index contributed by atoms with van der Waals surface area (Å²) in [7, 11) is -2.85. The van der Waals surface area contributed by atoms with Gasteiger partial charge in [-0.1, -0.05) is 31.4 Å². The van der Waals surface area contributed by atoms with Gasteiger partial charge in [0.1, 0.15) is 6.54 Å². The van der Waals surface area contributed by atoms with Gasteiger partial charge in [0.05, 0.1) is 333 Å². The Balaban J connectivity index is 0.719. The van der Waals surface area contributed by atoms with E-state index in [4.69, 9.17) is 128 Å². The maximum absolute atomic E-state index is 12.8. The summed E-state index contributed by atoms with van der Waals surface area (Å²) < 4.78 is 175. The maximum Gasteiger partial charge on any atom is 0.333 e. The second kappa shape index (κ2) is 74.7. The van der Waals surface area contributed by atoms with Gasteiger partial charge in [0.15, 0.2) is 5.71 Å². The Morgan fingerprint density at radius 3 is 1.15 bits per heavy atom. The second-order valence-electron chi connectivity index (χ2n) is 29.8. The number of benzene rings is 2. The number of hydrogen-bond acceptors (Lipinski definition) is 36. The van der Waals surface area contributed by atoms with Crippen LogP contribution in [-0.2, 0) is 154 Å². The van der Waals surface area contributed by atoms with Gasteiger partial charge in [0.2, 0.25) is 23.4 Å². The van der Waals surface area contributed by atoms with Crippen LogP contribution in [0.15, 0.2) is 82.2 Å². The van der Waals surface area contributed by atoms with Crippen LogP contribution in [0.2, 0.25) is 0 Å². The van der Waals surface area contributed by atoms with Gasteiger partial charge < -0.3 is 139 Å². The molecule has 3 heterocycles. The Morgan fingerprint density at radius 1 is 0.426 bits per heavy atom. The highest BCUT2D eigenvalue weighted by Crippen LogP contribution is 2.49. The Hall–Kier alpha value is -5.61. The Kier molecular flexibility index (Phi) is 65.9. The first-order valence-corrected chi connectivity index (χ1v) is 46.8. The topological polar surface area (TPSA) is 422 Å².